The summed E-state index contributed by atoms with van der Waals surface area (Å²) >= 11 is 0. The predicted molar refractivity (Wildman–Crippen MR) is 83.3 cm³/mol. The Morgan fingerprint density at radius 3 is 2.05 bits per heavy atom. The van der Waals surface area contributed by atoms with Gasteiger partial charge in [0.25, 0.3) is 0 Å². The largest absolute Gasteiger partial charge is 0.341 e. The smallest absolute Gasteiger partial charge is 0.223 e. The first-order chi connectivity index (χ1) is 8.55. The number of unbranched alkanes of at least 4 members (excludes halogenated alkanes) is 1. The van der Waals surface area contributed by atoms with Crippen molar-refractivity contribution in [2.45, 2.75) is 73.3 Å². The highest BCUT2D eigenvalue weighted by molar-refractivity contribution is 5.76. The fourth-order valence-electron chi connectivity index (χ4n) is 1.84. The minimum atomic E-state index is 0.0685. The molecule has 0 heterocycles. The third-order valence-corrected chi connectivity index (χ3v) is 2.85. The van der Waals surface area contributed by atoms with Gasteiger partial charge in [0, 0.05) is 31.6 Å². The highest BCUT2D eigenvalue weighted by atomic mass is 16.2. The van der Waals surface area contributed by atoms with E-state index in [-0.39, 0.29) is 16.9 Å². The van der Waals surface area contributed by atoms with Crippen molar-refractivity contribution in [3.8, 4) is 0 Å². The molecule has 0 spiro atoms. The van der Waals surface area contributed by atoms with Crippen molar-refractivity contribution in [1.29, 1.82) is 0 Å². The fourth-order valence-corrected chi connectivity index (χ4v) is 1.84. The van der Waals surface area contributed by atoms with Crippen molar-refractivity contribution < 1.29 is 4.79 Å². The van der Waals surface area contributed by atoms with E-state index in [0.717, 1.165) is 32.5 Å². The van der Waals surface area contributed by atoms with Gasteiger partial charge in [0.15, 0.2) is 0 Å². The Balaban J connectivity index is 4.33. The molecule has 0 rings (SSSR count). The Labute approximate surface area is 120 Å². The molecular weight excluding hydrogens is 236 g/mol. The highest BCUT2D eigenvalue weighted by Crippen LogP contribution is 2.20. The number of carbonyl (C=O) groups excluding carboxylic acids is 1. The number of rotatable bonds is 7. The second kappa shape index (κ2) is 7.88. The summed E-state index contributed by atoms with van der Waals surface area (Å²) in [4.78, 5) is 14.3. The Morgan fingerprint density at radius 1 is 1.05 bits per heavy atom. The van der Waals surface area contributed by atoms with E-state index in [1.807, 2.05) is 4.90 Å². The number of hydrogen-bond donors (Lipinski definition) is 1. The maximum Gasteiger partial charge on any atom is 0.223 e. The van der Waals surface area contributed by atoms with Gasteiger partial charge < -0.3 is 10.2 Å². The van der Waals surface area contributed by atoms with E-state index in [1.54, 1.807) is 0 Å². The Morgan fingerprint density at radius 2 is 1.63 bits per heavy atom. The quantitative estimate of drug-likeness (QED) is 0.768. The zero-order chi connectivity index (χ0) is 15.1. The van der Waals surface area contributed by atoms with Crippen molar-refractivity contribution in [2.24, 2.45) is 5.41 Å². The Bertz CT molecular complexity index is 261. The second-order valence-corrected chi connectivity index (χ2v) is 7.65. The van der Waals surface area contributed by atoms with Crippen LogP contribution in [-0.4, -0.2) is 36.0 Å². The molecule has 0 bridgehead atoms. The van der Waals surface area contributed by atoms with Crippen LogP contribution in [0.4, 0.5) is 0 Å². The average Bonchev–Trinajstić information content (AvgIpc) is 2.18. The maximum absolute atomic E-state index is 12.3. The van der Waals surface area contributed by atoms with Gasteiger partial charge in [-0.25, -0.2) is 0 Å². The van der Waals surface area contributed by atoms with Crippen LogP contribution in [-0.2, 0) is 4.79 Å². The standard InChI is InChI=1S/C16H34N2O/c1-8-9-11-18(12-10-17-16(5,6)7)14(19)13-15(2,3)4/h17H,8-13H2,1-7H3. The minimum Gasteiger partial charge on any atom is -0.341 e. The molecule has 0 aliphatic heterocycles. The molecule has 19 heavy (non-hydrogen) atoms. The molecule has 0 radical (unpaired) electrons. The molecule has 0 fully saturated rings. The van der Waals surface area contributed by atoms with Crippen molar-refractivity contribution >= 4 is 5.91 Å². The lowest BCUT2D eigenvalue weighted by Gasteiger charge is -2.28. The van der Waals surface area contributed by atoms with Gasteiger partial charge in [0.05, 0.1) is 0 Å². The van der Waals surface area contributed by atoms with Crippen molar-refractivity contribution in [2.75, 3.05) is 19.6 Å². The van der Waals surface area contributed by atoms with Crippen LogP contribution < -0.4 is 5.32 Å². The van der Waals surface area contributed by atoms with Crippen LogP contribution in [0, 0.1) is 5.41 Å². The van der Waals surface area contributed by atoms with Crippen LogP contribution in [0.25, 0.3) is 0 Å². The van der Waals surface area contributed by atoms with E-state index >= 15 is 0 Å². The van der Waals surface area contributed by atoms with Crippen LogP contribution in [0.1, 0.15) is 67.7 Å². The van der Waals surface area contributed by atoms with Gasteiger partial charge >= 0.3 is 0 Å². The highest BCUT2D eigenvalue weighted by Gasteiger charge is 2.21. The zero-order valence-electron chi connectivity index (χ0n) is 14.1. The van der Waals surface area contributed by atoms with Crippen LogP contribution in [0.5, 0.6) is 0 Å². The summed E-state index contributed by atoms with van der Waals surface area (Å²) in [5, 5.41) is 3.45. The Kier molecular flexibility index (Phi) is 7.65. The van der Waals surface area contributed by atoms with Gasteiger partial charge in [0.1, 0.15) is 0 Å². The fraction of sp³-hybridized carbons (Fsp3) is 0.938. The molecule has 0 aromatic heterocycles. The summed E-state index contributed by atoms with van der Waals surface area (Å²) < 4.78 is 0. The molecule has 0 aliphatic carbocycles. The maximum atomic E-state index is 12.3. The molecule has 0 atom stereocenters. The number of carbonyl (C=O) groups is 1. The molecule has 0 aromatic carbocycles. The summed E-state index contributed by atoms with van der Waals surface area (Å²) in [6.07, 6.45) is 2.85. The lowest BCUT2D eigenvalue weighted by Crippen LogP contribution is -2.44. The van der Waals surface area contributed by atoms with Crippen LogP contribution >= 0.6 is 0 Å². The van der Waals surface area contributed by atoms with Crippen LogP contribution in [0.2, 0.25) is 0 Å². The summed E-state index contributed by atoms with van der Waals surface area (Å²) in [6, 6.07) is 0. The van der Waals surface area contributed by atoms with Gasteiger partial charge in [-0.2, -0.15) is 0 Å². The van der Waals surface area contributed by atoms with Crippen LogP contribution in [0.15, 0.2) is 0 Å². The normalized spacial score (nSPS) is 12.6. The van der Waals surface area contributed by atoms with Gasteiger partial charge in [0.2, 0.25) is 5.91 Å². The van der Waals surface area contributed by atoms with Crippen molar-refractivity contribution in [3.63, 3.8) is 0 Å². The van der Waals surface area contributed by atoms with E-state index in [9.17, 15) is 4.79 Å². The van der Waals surface area contributed by atoms with E-state index in [1.165, 1.54) is 0 Å². The van der Waals surface area contributed by atoms with Gasteiger partial charge in [-0.15, -0.1) is 0 Å². The molecule has 1 N–H and O–H groups in total. The molecule has 0 unspecified atom stereocenters. The number of hydrogen-bond acceptors (Lipinski definition) is 2. The first-order valence-electron chi connectivity index (χ1n) is 7.58. The molecule has 114 valence electrons. The Hall–Kier alpha value is -0.570. The molecule has 3 heteroatoms. The van der Waals surface area contributed by atoms with Gasteiger partial charge in [-0.1, -0.05) is 34.1 Å². The van der Waals surface area contributed by atoms with Gasteiger partial charge in [-0.3, -0.25) is 4.79 Å². The molecule has 3 nitrogen and oxygen atoms in total. The summed E-state index contributed by atoms with van der Waals surface area (Å²) in [6.45, 7) is 17.6. The third-order valence-electron chi connectivity index (χ3n) is 2.85. The molecular formula is C16H34N2O. The number of amides is 1. The molecule has 0 saturated heterocycles. The predicted octanol–water partition coefficient (Wildman–Crippen LogP) is 3.44. The SMILES string of the molecule is CCCCN(CCNC(C)(C)C)C(=O)CC(C)(C)C. The molecule has 0 saturated carbocycles. The number of nitrogens with zero attached hydrogens (tertiary/aromatic N) is 1. The summed E-state index contributed by atoms with van der Waals surface area (Å²) in [7, 11) is 0. The third kappa shape index (κ3) is 11.0. The number of nitrogens with one attached hydrogen (secondary N) is 1. The van der Waals surface area contributed by atoms with E-state index in [0.29, 0.717) is 6.42 Å². The van der Waals surface area contributed by atoms with Crippen molar-refractivity contribution in [3.05, 3.63) is 0 Å². The van der Waals surface area contributed by atoms with E-state index in [4.69, 9.17) is 0 Å². The lowest BCUT2D eigenvalue weighted by molar-refractivity contribution is -0.133. The van der Waals surface area contributed by atoms with Crippen molar-refractivity contribution in [1.82, 2.24) is 10.2 Å². The molecule has 0 aromatic rings. The monoisotopic (exact) mass is 270 g/mol. The van der Waals surface area contributed by atoms with Crippen LogP contribution in [0.3, 0.4) is 0 Å². The first-order valence-corrected chi connectivity index (χ1v) is 7.58. The summed E-state index contributed by atoms with van der Waals surface area (Å²) in [5.41, 5.74) is 0.183. The van der Waals surface area contributed by atoms with Gasteiger partial charge in [-0.05, 0) is 32.6 Å². The topological polar surface area (TPSA) is 32.3 Å². The molecule has 1 amide bonds. The second-order valence-electron chi connectivity index (χ2n) is 7.65. The van der Waals surface area contributed by atoms with E-state index < -0.39 is 0 Å². The average molecular weight is 270 g/mol. The zero-order valence-corrected chi connectivity index (χ0v) is 14.1. The van der Waals surface area contributed by atoms with E-state index in [2.05, 4.69) is 53.8 Å². The minimum absolute atomic E-state index is 0.0685. The lowest BCUT2D eigenvalue weighted by atomic mass is 9.91. The first kappa shape index (κ1) is 18.4. The summed E-state index contributed by atoms with van der Waals surface area (Å²) in [5.74, 6) is 0.289. The molecule has 0 aliphatic rings.